The van der Waals surface area contributed by atoms with Crippen molar-refractivity contribution >= 4 is 11.0 Å². The van der Waals surface area contributed by atoms with Crippen molar-refractivity contribution < 1.29 is 50.0 Å². The molecular formula is C21H20O11. The maximum Gasteiger partial charge on any atom is 0.230 e. The number of aliphatic hydroxyl groups is 4. The second-order valence-electron chi connectivity index (χ2n) is 7.62. The van der Waals surface area contributed by atoms with Crippen LogP contribution in [0, 0.1) is 0 Å². The van der Waals surface area contributed by atoms with Crippen molar-refractivity contribution in [1.82, 2.24) is 0 Å². The van der Waals surface area contributed by atoms with Crippen molar-refractivity contribution in [3.05, 3.63) is 46.1 Å². The van der Waals surface area contributed by atoms with Gasteiger partial charge < -0.3 is 50.0 Å². The molecule has 170 valence electrons. The molecule has 11 heteroatoms. The van der Waals surface area contributed by atoms with Crippen molar-refractivity contribution in [2.75, 3.05) is 0 Å². The number of fused-ring (bicyclic) bond motifs is 1. The summed E-state index contributed by atoms with van der Waals surface area (Å²) in [7, 11) is 0. The number of aliphatic hydroxyl groups excluding tert-OH is 3. The summed E-state index contributed by atoms with van der Waals surface area (Å²) in [6.07, 6.45) is -6.99. The summed E-state index contributed by atoms with van der Waals surface area (Å²) in [5, 5.41) is 81.1. The molecule has 2 aromatic carbocycles. The molecule has 1 saturated heterocycles. The van der Waals surface area contributed by atoms with E-state index in [1.54, 1.807) is 0 Å². The van der Waals surface area contributed by atoms with E-state index in [1.807, 2.05) is 0 Å². The molecule has 0 amide bonds. The smallest absolute Gasteiger partial charge is 0.230 e. The fourth-order valence-corrected chi connectivity index (χ4v) is 3.80. The minimum absolute atomic E-state index is 0.0605. The standard InChI is InChI=1S/C21H20O11/c1-7-16(26)18(28)20(29)21(30,32-7)15-17(27)14-12(25)5-9(22)6-13(14)31-19(15)8-2-3-10(23)11(24)4-8/h2-7,16,18,20,22-26,28-30H,1H3/t7-,16-,18+,20+,21?/m0/s1. The third-order valence-corrected chi connectivity index (χ3v) is 5.48. The number of ether oxygens (including phenoxy) is 1. The molecule has 1 unspecified atom stereocenters. The van der Waals surface area contributed by atoms with Crippen LogP contribution in [0.4, 0.5) is 0 Å². The molecular weight excluding hydrogens is 428 g/mol. The van der Waals surface area contributed by atoms with Crippen LogP contribution in [0.25, 0.3) is 22.3 Å². The van der Waals surface area contributed by atoms with E-state index in [-0.39, 0.29) is 11.1 Å². The zero-order chi connectivity index (χ0) is 23.5. The molecule has 4 rings (SSSR count). The van der Waals surface area contributed by atoms with Crippen LogP contribution in [0.2, 0.25) is 0 Å². The van der Waals surface area contributed by atoms with Crippen molar-refractivity contribution in [3.63, 3.8) is 0 Å². The Morgan fingerprint density at radius 3 is 2.25 bits per heavy atom. The molecule has 0 spiro atoms. The van der Waals surface area contributed by atoms with Gasteiger partial charge in [0.25, 0.3) is 0 Å². The van der Waals surface area contributed by atoms with E-state index in [0.717, 1.165) is 24.3 Å². The van der Waals surface area contributed by atoms with Crippen LogP contribution in [0.3, 0.4) is 0 Å². The summed E-state index contributed by atoms with van der Waals surface area (Å²) in [4.78, 5) is 13.4. The average molecular weight is 448 g/mol. The molecule has 1 aliphatic heterocycles. The highest BCUT2D eigenvalue weighted by molar-refractivity contribution is 5.87. The molecule has 3 aromatic rings. The predicted octanol–water partition coefficient (Wildman–Crippen LogP) is -0.0711. The highest BCUT2D eigenvalue weighted by atomic mass is 16.7. The fraction of sp³-hybridized carbons (Fsp3) is 0.286. The Balaban J connectivity index is 2.11. The number of hydrogen-bond acceptors (Lipinski definition) is 11. The Bertz CT molecular complexity index is 1270. The zero-order valence-electron chi connectivity index (χ0n) is 16.5. The summed E-state index contributed by atoms with van der Waals surface area (Å²) in [5.74, 6) is -5.60. The fourth-order valence-electron chi connectivity index (χ4n) is 3.80. The Morgan fingerprint density at radius 1 is 0.906 bits per heavy atom. The lowest BCUT2D eigenvalue weighted by Crippen LogP contribution is -2.63. The number of benzene rings is 2. The van der Waals surface area contributed by atoms with Crippen LogP contribution in [0.15, 0.2) is 39.5 Å². The molecule has 0 bridgehead atoms. The lowest BCUT2D eigenvalue weighted by atomic mass is 9.86. The Kier molecular flexibility index (Phi) is 5.03. The Morgan fingerprint density at radius 2 is 1.59 bits per heavy atom. The van der Waals surface area contributed by atoms with Crippen LogP contribution in [-0.2, 0) is 10.5 Å². The maximum absolute atomic E-state index is 13.4. The SMILES string of the molecule is C[C@@H]1OC(O)(c2c(-c3ccc(O)c(O)c3)oc3cc(O)cc(O)c3c2=O)[C@H](O)[C@H](O)[C@H]1O. The number of aromatic hydroxyl groups is 4. The normalized spacial score (nSPS) is 28.2. The van der Waals surface area contributed by atoms with Crippen LogP contribution >= 0.6 is 0 Å². The molecule has 1 aromatic heterocycles. The van der Waals surface area contributed by atoms with Gasteiger partial charge in [0, 0.05) is 17.7 Å². The van der Waals surface area contributed by atoms with Gasteiger partial charge in [0.1, 0.15) is 52.1 Å². The number of phenols is 4. The van der Waals surface area contributed by atoms with E-state index in [9.17, 15) is 45.6 Å². The monoisotopic (exact) mass is 448 g/mol. The van der Waals surface area contributed by atoms with Gasteiger partial charge in [-0.3, -0.25) is 4.79 Å². The van der Waals surface area contributed by atoms with Crippen molar-refractivity contribution in [3.8, 4) is 34.3 Å². The van der Waals surface area contributed by atoms with Gasteiger partial charge in [-0.1, -0.05) is 0 Å². The molecule has 32 heavy (non-hydrogen) atoms. The van der Waals surface area contributed by atoms with E-state index in [0.29, 0.717) is 0 Å². The van der Waals surface area contributed by atoms with Crippen LogP contribution in [0.1, 0.15) is 12.5 Å². The van der Waals surface area contributed by atoms with Crippen molar-refractivity contribution in [1.29, 1.82) is 0 Å². The molecule has 1 fully saturated rings. The molecule has 2 heterocycles. The summed E-state index contributed by atoms with van der Waals surface area (Å²) in [6.45, 7) is 1.29. The summed E-state index contributed by atoms with van der Waals surface area (Å²) in [5.41, 5.74) is -2.19. The number of rotatable bonds is 2. The van der Waals surface area contributed by atoms with Crippen LogP contribution in [0.5, 0.6) is 23.0 Å². The second-order valence-corrected chi connectivity index (χ2v) is 7.62. The lowest BCUT2D eigenvalue weighted by Gasteiger charge is -2.44. The van der Waals surface area contributed by atoms with Gasteiger partial charge in [-0.15, -0.1) is 0 Å². The Labute approximate surface area is 179 Å². The van der Waals surface area contributed by atoms with E-state index in [4.69, 9.17) is 9.15 Å². The first-order valence-corrected chi connectivity index (χ1v) is 9.45. The van der Waals surface area contributed by atoms with E-state index < -0.39 is 75.3 Å². The summed E-state index contributed by atoms with van der Waals surface area (Å²) in [6, 6.07) is 5.17. The first kappa shape index (κ1) is 21.9. The minimum Gasteiger partial charge on any atom is -0.508 e. The largest absolute Gasteiger partial charge is 0.508 e. The first-order valence-electron chi connectivity index (χ1n) is 9.45. The second kappa shape index (κ2) is 7.36. The van der Waals surface area contributed by atoms with Gasteiger partial charge in [-0.25, -0.2) is 0 Å². The predicted molar refractivity (Wildman–Crippen MR) is 107 cm³/mol. The molecule has 8 N–H and O–H groups in total. The van der Waals surface area contributed by atoms with Crippen molar-refractivity contribution in [2.24, 2.45) is 0 Å². The van der Waals surface area contributed by atoms with Gasteiger partial charge in [0.15, 0.2) is 11.5 Å². The molecule has 0 radical (unpaired) electrons. The first-order chi connectivity index (χ1) is 15.0. The van der Waals surface area contributed by atoms with E-state index in [2.05, 4.69) is 0 Å². The van der Waals surface area contributed by atoms with E-state index in [1.165, 1.54) is 13.0 Å². The van der Waals surface area contributed by atoms with Gasteiger partial charge in [-0.2, -0.15) is 0 Å². The van der Waals surface area contributed by atoms with E-state index >= 15 is 0 Å². The highest BCUT2D eigenvalue weighted by Gasteiger charge is 2.55. The van der Waals surface area contributed by atoms with Crippen LogP contribution in [-0.4, -0.2) is 65.3 Å². The third kappa shape index (κ3) is 3.15. The van der Waals surface area contributed by atoms with Crippen molar-refractivity contribution in [2.45, 2.75) is 37.1 Å². The van der Waals surface area contributed by atoms with Crippen LogP contribution < -0.4 is 5.43 Å². The van der Waals surface area contributed by atoms with Gasteiger partial charge in [0.05, 0.1) is 6.10 Å². The quantitative estimate of drug-likeness (QED) is 0.244. The molecule has 5 atom stereocenters. The molecule has 11 nitrogen and oxygen atoms in total. The molecule has 1 aliphatic rings. The number of phenolic OH excluding ortho intramolecular Hbond substituents is 4. The minimum atomic E-state index is -2.92. The highest BCUT2D eigenvalue weighted by Crippen LogP contribution is 2.43. The molecule has 0 aliphatic carbocycles. The van der Waals surface area contributed by atoms with Gasteiger partial charge in [-0.05, 0) is 25.1 Å². The summed E-state index contributed by atoms with van der Waals surface area (Å²) >= 11 is 0. The average Bonchev–Trinajstić information content (AvgIpc) is 2.71. The number of hydrogen-bond donors (Lipinski definition) is 8. The zero-order valence-corrected chi connectivity index (χ0v) is 16.5. The maximum atomic E-state index is 13.4. The molecule has 0 saturated carbocycles. The Hall–Kier alpha value is -3.35. The lowest BCUT2D eigenvalue weighted by molar-refractivity contribution is -0.351. The topological polar surface area (TPSA) is 201 Å². The third-order valence-electron chi connectivity index (χ3n) is 5.48. The van der Waals surface area contributed by atoms with Gasteiger partial charge >= 0.3 is 0 Å². The summed E-state index contributed by atoms with van der Waals surface area (Å²) < 4.78 is 11.0. The van der Waals surface area contributed by atoms with Gasteiger partial charge in [0.2, 0.25) is 11.2 Å².